The maximum atomic E-state index is 13.2. The standard InChI is InChI=1S/C25H29FN2O3/c1-18-12-19(2)24(20(3)13-18)29-14-23-15-30-25(31-23,16-28-11-10-27-17-28)9-8-21-4-6-22(26)7-5-21/h4-7,10-13,17,23H,8-9,14-16H2,1-3H3. The van der Waals surface area contributed by atoms with Crippen LogP contribution < -0.4 is 4.74 Å². The van der Waals surface area contributed by atoms with Gasteiger partial charge in [-0.05, 0) is 56.0 Å². The fourth-order valence-electron chi connectivity index (χ4n) is 4.21. The summed E-state index contributed by atoms with van der Waals surface area (Å²) in [4.78, 5) is 4.13. The predicted octanol–water partition coefficient (Wildman–Crippen LogP) is 4.77. The number of benzene rings is 2. The van der Waals surface area contributed by atoms with E-state index in [0.29, 0.717) is 26.2 Å². The lowest BCUT2D eigenvalue weighted by Gasteiger charge is -2.29. The Morgan fingerprint density at radius 2 is 1.90 bits per heavy atom. The maximum absolute atomic E-state index is 13.2. The second-order valence-corrected chi connectivity index (χ2v) is 8.36. The average molecular weight is 425 g/mol. The quantitative estimate of drug-likeness (QED) is 0.523. The number of ether oxygens (including phenoxy) is 3. The molecule has 0 amide bonds. The summed E-state index contributed by atoms with van der Waals surface area (Å²) in [7, 11) is 0. The molecule has 1 aliphatic rings. The summed E-state index contributed by atoms with van der Waals surface area (Å²) in [6.07, 6.45) is 6.60. The first-order valence-corrected chi connectivity index (χ1v) is 10.6. The van der Waals surface area contributed by atoms with Gasteiger partial charge in [0.15, 0.2) is 5.79 Å². The van der Waals surface area contributed by atoms with Crippen LogP contribution in [-0.2, 0) is 22.4 Å². The van der Waals surface area contributed by atoms with Gasteiger partial charge in [0.1, 0.15) is 24.3 Å². The van der Waals surface area contributed by atoms with E-state index in [1.165, 1.54) is 17.7 Å². The molecular formula is C25H29FN2O3. The van der Waals surface area contributed by atoms with Gasteiger partial charge in [0.25, 0.3) is 0 Å². The highest BCUT2D eigenvalue weighted by atomic mass is 19.1. The Bertz CT molecular complexity index is 981. The zero-order chi connectivity index (χ0) is 21.8. The summed E-state index contributed by atoms with van der Waals surface area (Å²) in [5.41, 5.74) is 4.52. The summed E-state index contributed by atoms with van der Waals surface area (Å²) >= 11 is 0. The zero-order valence-corrected chi connectivity index (χ0v) is 18.3. The summed E-state index contributed by atoms with van der Waals surface area (Å²) in [6, 6.07) is 10.8. The Kier molecular flexibility index (Phi) is 6.39. The second kappa shape index (κ2) is 9.20. The molecule has 2 unspecified atom stereocenters. The van der Waals surface area contributed by atoms with Gasteiger partial charge in [-0.3, -0.25) is 0 Å². The molecule has 2 heterocycles. The molecule has 1 saturated heterocycles. The van der Waals surface area contributed by atoms with Gasteiger partial charge < -0.3 is 18.8 Å². The van der Waals surface area contributed by atoms with E-state index >= 15 is 0 Å². The number of aromatic nitrogens is 2. The summed E-state index contributed by atoms with van der Waals surface area (Å²) in [5.74, 6) is -0.0997. The van der Waals surface area contributed by atoms with E-state index in [0.717, 1.165) is 28.9 Å². The number of halogens is 1. The first-order valence-electron chi connectivity index (χ1n) is 10.6. The first kappa shape index (κ1) is 21.5. The highest BCUT2D eigenvalue weighted by molar-refractivity contribution is 5.42. The molecule has 3 aromatic rings. The number of nitrogens with zero attached hydrogens (tertiary/aromatic N) is 2. The predicted molar refractivity (Wildman–Crippen MR) is 117 cm³/mol. The topological polar surface area (TPSA) is 45.5 Å². The van der Waals surface area contributed by atoms with E-state index in [4.69, 9.17) is 14.2 Å². The van der Waals surface area contributed by atoms with Crippen LogP contribution in [0.5, 0.6) is 5.75 Å². The van der Waals surface area contributed by atoms with Gasteiger partial charge in [-0.2, -0.15) is 0 Å². The summed E-state index contributed by atoms with van der Waals surface area (Å²) in [6.45, 7) is 7.63. The van der Waals surface area contributed by atoms with Crippen LogP contribution in [0.25, 0.3) is 0 Å². The number of imidazole rings is 1. The Morgan fingerprint density at radius 1 is 1.16 bits per heavy atom. The molecule has 0 saturated carbocycles. The van der Waals surface area contributed by atoms with Crippen molar-refractivity contribution in [3.63, 3.8) is 0 Å². The minimum absolute atomic E-state index is 0.170. The fourth-order valence-corrected chi connectivity index (χ4v) is 4.21. The summed E-state index contributed by atoms with van der Waals surface area (Å²) in [5, 5.41) is 0. The average Bonchev–Trinajstić information content (AvgIpc) is 3.37. The van der Waals surface area contributed by atoms with Crippen molar-refractivity contribution >= 4 is 0 Å². The molecule has 31 heavy (non-hydrogen) atoms. The van der Waals surface area contributed by atoms with Gasteiger partial charge in [-0.25, -0.2) is 9.37 Å². The second-order valence-electron chi connectivity index (χ2n) is 8.36. The molecule has 2 atom stereocenters. The zero-order valence-electron chi connectivity index (χ0n) is 18.3. The van der Waals surface area contributed by atoms with E-state index in [-0.39, 0.29) is 11.9 Å². The Labute approximate surface area is 182 Å². The van der Waals surface area contributed by atoms with Crippen LogP contribution in [-0.4, -0.2) is 34.7 Å². The SMILES string of the molecule is Cc1cc(C)c(OCC2COC(CCc3ccc(F)cc3)(Cn3ccnc3)O2)c(C)c1. The van der Waals surface area contributed by atoms with Crippen molar-refractivity contribution in [3.05, 3.63) is 83.2 Å². The lowest BCUT2D eigenvalue weighted by atomic mass is 10.0. The van der Waals surface area contributed by atoms with Crippen molar-refractivity contribution in [2.24, 2.45) is 0 Å². The summed E-state index contributed by atoms with van der Waals surface area (Å²) < 4.78 is 34.0. The lowest BCUT2D eigenvalue weighted by molar-refractivity contribution is -0.184. The molecule has 0 aliphatic carbocycles. The van der Waals surface area contributed by atoms with Crippen molar-refractivity contribution in [1.29, 1.82) is 0 Å². The minimum Gasteiger partial charge on any atom is -0.490 e. The Morgan fingerprint density at radius 3 is 2.58 bits per heavy atom. The molecule has 4 rings (SSSR count). The monoisotopic (exact) mass is 424 g/mol. The van der Waals surface area contributed by atoms with Crippen LogP contribution in [0.1, 0.15) is 28.7 Å². The molecule has 0 spiro atoms. The van der Waals surface area contributed by atoms with Crippen LogP contribution in [0.3, 0.4) is 0 Å². The van der Waals surface area contributed by atoms with Crippen molar-refractivity contribution < 1.29 is 18.6 Å². The van der Waals surface area contributed by atoms with Crippen LogP contribution in [0.2, 0.25) is 0 Å². The third kappa shape index (κ3) is 5.32. The third-order valence-corrected chi connectivity index (χ3v) is 5.62. The molecule has 164 valence electrons. The molecule has 0 bridgehead atoms. The van der Waals surface area contributed by atoms with Gasteiger partial charge >= 0.3 is 0 Å². The van der Waals surface area contributed by atoms with E-state index in [9.17, 15) is 4.39 Å². The maximum Gasteiger partial charge on any atom is 0.187 e. The molecule has 1 fully saturated rings. The fraction of sp³-hybridized carbons (Fsp3) is 0.400. The van der Waals surface area contributed by atoms with E-state index in [1.54, 1.807) is 24.7 Å². The van der Waals surface area contributed by atoms with Crippen molar-refractivity contribution in [2.45, 2.75) is 52.0 Å². The molecular weight excluding hydrogens is 395 g/mol. The van der Waals surface area contributed by atoms with Crippen molar-refractivity contribution in [2.75, 3.05) is 13.2 Å². The first-order chi connectivity index (χ1) is 14.9. The lowest BCUT2D eigenvalue weighted by Crippen LogP contribution is -2.37. The van der Waals surface area contributed by atoms with Gasteiger partial charge in [0, 0.05) is 18.8 Å². The number of aryl methyl sites for hydroxylation is 4. The highest BCUT2D eigenvalue weighted by Gasteiger charge is 2.42. The molecule has 5 nitrogen and oxygen atoms in total. The van der Waals surface area contributed by atoms with Gasteiger partial charge in [-0.15, -0.1) is 0 Å². The molecule has 2 aromatic carbocycles. The van der Waals surface area contributed by atoms with Crippen LogP contribution in [0.4, 0.5) is 4.39 Å². The number of hydrogen-bond acceptors (Lipinski definition) is 4. The molecule has 0 N–H and O–H groups in total. The van der Waals surface area contributed by atoms with Crippen LogP contribution >= 0.6 is 0 Å². The normalized spacial score (nSPS) is 20.8. The number of hydrogen-bond donors (Lipinski definition) is 0. The molecule has 1 aliphatic heterocycles. The van der Waals surface area contributed by atoms with Gasteiger partial charge in [0.05, 0.1) is 19.5 Å². The third-order valence-electron chi connectivity index (χ3n) is 5.62. The Balaban J connectivity index is 1.43. The van der Waals surface area contributed by atoms with Gasteiger partial charge in [-0.1, -0.05) is 29.8 Å². The number of rotatable bonds is 8. The molecule has 6 heteroatoms. The largest absolute Gasteiger partial charge is 0.490 e. The molecule has 0 radical (unpaired) electrons. The van der Waals surface area contributed by atoms with E-state index in [1.807, 2.05) is 10.8 Å². The van der Waals surface area contributed by atoms with Crippen molar-refractivity contribution in [1.82, 2.24) is 9.55 Å². The van der Waals surface area contributed by atoms with Crippen LogP contribution in [0, 0.1) is 26.6 Å². The van der Waals surface area contributed by atoms with Crippen molar-refractivity contribution in [3.8, 4) is 5.75 Å². The van der Waals surface area contributed by atoms with Gasteiger partial charge in [0.2, 0.25) is 0 Å². The molecule has 1 aromatic heterocycles. The highest BCUT2D eigenvalue weighted by Crippen LogP contribution is 2.32. The minimum atomic E-state index is -0.777. The van der Waals surface area contributed by atoms with Crippen LogP contribution in [0.15, 0.2) is 55.1 Å². The van der Waals surface area contributed by atoms with E-state index < -0.39 is 5.79 Å². The van der Waals surface area contributed by atoms with E-state index in [2.05, 4.69) is 37.9 Å². The smallest absolute Gasteiger partial charge is 0.187 e. The Hall–Kier alpha value is -2.70.